The first kappa shape index (κ1) is 17.9. The van der Waals surface area contributed by atoms with Crippen molar-refractivity contribution in [3.8, 4) is 5.75 Å². The van der Waals surface area contributed by atoms with Gasteiger partial charge >= 0.3 is 0 Å². The highest BCUT2D eigenvalue weighted by atomic mass is 19.1. The van der Waals surface area contributed by atoms with Gasteiger partial charge < -0.3 is 15.8 Å². The summed E-state index contributed by atoms with van der Waals surface area (Å²) in [5.41, 5.74) is 7.46. The number of nitrogens with two attached hydrogens (primary N) is 1. The SMILES string of the molecule is CC(N)C(C)C(=O)NCc1ccc(OCc2cccc(F)c2)cc1. The molecule has 0 spiro atoms. The van der Waals surface area contributed by atoms with E-state index in [0.29, 0.717) is 18.9 Å². The Morgan fingerprint density at radius 3 is 2.50 bits per heavy atom. The van der Waals surface area contributed by atoms with Gasteiger partial charge in [-0.25, -0.2) is 4.39 Å². The van der Waals surface area contributed by atoms with Crippen molar-refractivity contribution in [3.05, 3.63) is 65.5 Å². The number of hydrogen-bond acceptors (Lipinski definition) is 3. The number of amides is 1. The molecule has 2 aromatic rings. The van der Waals surface area contributed by atoms with Gasteiger partial charge in [0, 0.05) is 18.5 Å². The zero-order valence-electron chi connectivity index (χ0n) is 14.0. The maximum atomic E-state index is 13.1. The molecule has 0 saturated carbocycles. The maximum absolute atomic E-state index is 13.1. The smallest absolute Gasteiger partial charge is 0.224 e. The van der Waals surface area contributed by atoms with E-state index in [4.69, 9.17) is 10.5 Å². The van der Waals surface area contributed by atoms with Gasteiger partial charge in [0.15, 0.2) is 0 Å². The summed E-state index contributed by atoms with van der Waals surface area (Å²) >= 11 is 0. The zero-order chi connectivity index (χ0) is 17.5. The lowest BCUT2D eigenvalue weighted by atomic mass is 10.0. The number of nitrogens with one attached hydrogen (secondary N) is 1. The first-order chi connectivity index (χ1) is 11.5. The molecule has 2 atom stereocenters. The highest BCUT2D eigenvalue weighted by molar-refractivity contribution is 5.78. The highest BCUT2D eigenvalue weighted by Gasteiger charge is 2.16. The third kappa shape index (κ3) is 5.35. The number of carbonyl (C=O) groups excluding carboxylic acids is 1. The van der Waals surface area contributed by atoms with Gasteiger partial charge in [-0.3, -0.25) is 4.79 Å². The van der Waals surface area contributed by atoms with Gasteiger partial charge in [-0.05, 0) is 42.3 Å². The third-order valence-electron chi connectivity index (χ3n) is 3.89. The molecule has 2 rings (SSSR count). The van der Waals surface area contributed by atoms with Crippen molar-refractivity contribution in [1.29, 1.82) is 0 Å². The first-order valence-corrected chi connectivity index (χ1v) is 7.95. The van der Waals surface area contributed by atoms with E-state index >= 15 is 0 Å². The lowest BCUT2D eigenvalue weighted by molar-refractivity contribution is -0.125. The van der Waals surface area contributed by atoms with Gasteiger partial charge in [-0.2, -0.15) is 0 Å². The minimum Gasteiger partial charge on any atom is -0.489 e. The van der Waals surface area contributed by atoms with Crippen LogP contribution in [0.5, 0.6) is 5.75 Å². The highest BCUT2D eigenvalue weighted by Crippen LogP contribution is 2.15. The summed E-state index contributed by atoms with van der Waals surface area (Å²) in [6.45, 7) is 4.37. The van der Waals surface area contributed by atoms with E-state index in [1.807, 2.05) is 44.2 Å². The molecular weight excluding hydrogens is 307 g/mol. The van der Waals surface area contributed by atoms with Gasteiger partial charge in [-0.1, -0.05) is 31.2 Å². The molecule has 0 aliphatic heterocycles. The lowest BCUT2D eigenvalue weighted by Gasteiger charge is -2.15. The van der Waals surface area contributed by atoms with Crippen molar-refractivity contribution in [2.45, 2.75) is 33.0 Å². The number of halogens is 1. The summed E-state index contributed by atoms with van der Waals surface area (Å²) in [5.74, 6) is 0.136. The third-order valence-corrected chi connectivity index (χ3v) is 3.89. The van der Waals surface area contributed by atoms with Crippen LogP contribution in [0.2, 0.25) is 0 Å². The monoisotopic (exact) mass is 330 g/mol. The van der Waals surface area contributed by atoms with Crippen molar-refractivity contribution in [3.63, 3.8) is 0 Å². The second-order valence-electron chi connectivity index (χ2n) is 5.93. The molecule has 0 radical (unpaired) electrons. The van der Waals surface area contributed by atoms with Gasteiger partial charge in [0.05, 0.1) is 0 Å². The summed E-state index contributed by atoms with van der Waals surface area (Å²) in [4.78, 5) is 11.9. The summed E-state index contributed by atoms with van der Waals surface area (Å²) < 4.78 is 18.7. The molecule has 2 aromatic carbocycles. The second-order valence-corrected chi connectivity index (χ2v) is 5.93. The fourth-order valence-corrected chi connectivity index (χ4v) is 2.09. The van der Waals surface area contributed by atoms with Crippen LogP contribution in [0, 0.1) is 11.7 Å². The fraction of sp³-hybridized carbons (Fsp3) is 0.316. The Morgan fingerprint density at radius 1 is 1.17 bits per heavy atom. The van der Waals surface area contributed by atoms with Crippen molar-refractivity contribution >= 4 is 5.91 Å². The van der Waals surface area contributed by atoms with Gasteiger partial charge in [0.1, 0.15) is 18.2 Å². The molecule has 128 valence electrons. The summed E-state index contributed by atoms with van der Waals surface area (Å²) in [5, 5.41) is 2.86. The van der Waals surface area contributed by atoms with E-state index in [0.717, 1.165) is 11.1 Å². The molecule has 0 heterocycles. The van der Waals surface area contributed by atoms with E-state index in [-0.39, 0.29) is 23.7 Å². The Labute approximate surface area is 141 Å². The second kappa shape index (κ2) is 8.45. The molecule has 0 bridgehead atoms. The van der Waals surface area contributed by atoms with Crippen LogP contribution < -0.4 is 15.8 Å². The average Bonchev–Trinajstić information content (AvgIpc) is 2.58. The predicted molar refractivity (Wildman–Crippen MR) is 91.8 cm³/mol. The normalized spacial score (nSPS) is 13.2. The van der Waals surface area contributed by atoms with E-state index < -0.39 is 0 Å². The minimum absolute atomic E-state index is 0.0589. The van der Waals surface area contributed by atoms with Gasteiger partial charge in [-0.15, -0.1) is 0 Å². The molecule has 2 unspecified atom stereocenters. The number of carbonyl (C=O) groups is 1. The van der Waals surface area contributed by atoms with E-state index in [9.17, 15) is 9.18 Å². The van der Waals surface area contributed by atoms with E-state index in [1.165, 1.54) is 12.1 Å². The van der Waals surface area contributed by atoms with Crippen LogP contribution in [0.15, 0.2) is 48.5 Å². The Morgan fingerprint density at radius 2 is 1.88 bits per heavy atom. The lowest BCUT2D eigenvalue weighted by Crippen LogP contribution is -2.38. The van der Waals surface area contributed by atoms with Crippen LogP contribution in [0.4, 0.5) is 4.39 Å². The van der Waals surface area contributed by atoms with Crippen LogP contribution in [0.3, 0.4) is 0 Å². The molecule has 3 N–H and O–H groups in total. The molecular formula is C19H23FN2O2. The molecule has 0 aliphatic carbocycles. The zero-order valence-corrected chi connectivity index (χ0v) is 14.0. The molecule has 4 nitrogen and oxygen atoms in total. The van der Waals surface area contributed by atoms with Crippen molar-refractivity contribution in [2.24, 2.45) is 11.7 Å². The first-order valence-electron chi connectivity index (χ1n) is 7.95. The van der Waals surface area contributed by atoms with Crippen molar-refractivity contribution in [1.82, 2.24) is 5.32 Å². The van der Waals surface area contributed by atoms with Crippen LogP contribution >= 0.6 is 0 Å². The Bertz CT molecular complexity index is 671. The van der Waals surface area contributed by atoms with Crippen LogP contribution in [-0.2, 0) is 17.9 Å². The topological polar surface area (TPSA) is 64.4 Å². The number of hydrogen-bond donors (Lipinski definition) is 2. The standard InChI is InChI=1S/C19H23FN2O2/c1-13(14(2)21)19(23)22-11-15-6-8-18(9-7-15)24-12-16-4-3-5-17(20)10-16/h3-10,13-14H,11-12,21H2,1-2H3,(H,22,23). The largest absolute Gasteiger partial charge is 0.489 e. The summed E-state index contributed by atoms with van der Waals surface area (Å²) in [6.07, 6.45) is 0. The van der Waals surface area contributed by atoms with Crippen LogP contribution in [0.1, 0.15) is 25.0 Å². The van der Waals surface area contributed by atoms with E-state index in [2.05, 4.69) is 5.32 Å². The van der Waals surface area contributed by atoms with Crippen molar-refractivity contribution in [2.75, 3.05) is 0 Å². The Balaban J connectivity index is 1.83. The number of rotatable bonds is 7. The van der Waals surface area contributed by atoms with Crippen molar-refractivity contribution < 1.29 is 13.9 Å². The number of ether oxygens (including phenoxy) is 1. The van der Waals surface area contributed by atoms with Gasteiger partial charge in [0.2, 0.25) is 5.91 Å². The molecule has 5 heteroatoms. The van der Waals surface area contributed by atoms with Crippen LogP contribution in [0.25, 0.3) is 0 Å². The average molecular weight is 330 g/mol. The van der Waals surface area contributed by atoms with E-state index in [1.54, 1.807) is 6.07 Å². The Hall–Kier alpha value is -2.40. The maximum Gasteiger partial charge on any atom is 0.224 e. The molecule has 1 amide bonds. The quantitative estimate of drug-likeness (QED) is 0.820. The molecule has 0 fully saturated rings. The molecule has 0 saturated heterocycles. The minimum atomic E-state index is -0.275. The number of benzene rings is 2. The molecule has 24 heavy (non-hydrogen) atoms. The van der Waals surface area contributed by atoms with Gasteiger partial charge in [0.25, 0.3) is 0 Å². The fourth-order valence-electron chi connectivity index (χ4n) is 2.09. The predicted octanol–water partition coefficient (Wildman–Crippen LogP) is 3.00. The molecule has 0 aromatic heterocycles. The molecule has 0 aliphatic rings. The van der Waals surface area contributed by atoms with Crippen LogP contribution in [-0.4, -0.2) is 11.9 Å². The summed E-state index contributed by atoms with van der Waals surface area (Å²) in [7, 11) is 0. The summed E-state index contributed by atoms with van der Waals surface area (Å²) in [6, 6.07) is 13.6. The Kier molecular flexibility index (Phi) is 6.32.